The summed E-state index contributed by atoms with van der Waals surface area (Å²) in [6, 6.07) is 9.92. The molecule has 1 aromatic rings. The summed E-state index contributed by atoms with van der Waals surface area (Å²) >= 11 is 0. The van der Waals surface area contributed by atoms with Crippen molar-refractivity contribution < 1.29 is 9.90 Å². The Morgan fingerprint density at radius 2 is 1.89 bits per heavy atom. The molecule has 0 spiro atoms. The van der Waals surface area contributed by atoms with E-state index in [0.29, 0.717) is 5.92 Å². The van der Waals surface area contributed by atoms with Gasteiger partial charge in [0.25, 0.3) is 0 Å². The van der Waals surface area contributed by atoms with Crippen molar-refractivity contribution in [2.75, 3.05) is 13.1 Å². The molecule has 0 saturated heterocycles. The maximum Gasteiger partial charge on any atom is 0.305 e. The van der Waals surface area contributed by atoms with Crippen LogP contribution in [0.3, 0.4) is 0 Å². The van der Waals surface area contributed by atoms with Crippen molar-refractivity contribution in [3.63, 3.8) is 0 Å². The average Bonchev–Trinajstić information content (AvgIpc) is 2.43. The van der Waals surface area contributed by atoms with Gasteiger partial charge in [-0.1, -0.05) is 57.5 Å². The average molecular weight is 263 g/mol. The lowest BCUT2D eigenvalue weighted by Crippen LogP contribution is -2.33. The highest BCUT2D eigenvalue weighted by atomic mass is 16.4. The third-order valence-electron chi connectivity index (χ3n) is 3.64. The molecule has 0 saturated carbocycles. The molecular formula is C16H25NO2. The van der Waals surface area contributed by atoms with Crippen LogP contribution in [-0.2, 0) is 4.79 Å². The molecule has 0 aliphatic rings. The Hall–Kier alpha value is -1.35. The number of carboxylic acids is 1. The highest BCUT2D eigenvalue weighted by Crippen LogP contribution is 2.25. The van der Waals surface area contributed by atoms with E-state index in [-0.39, 0.29) is 12.5 Å². The topological polar surface area (TPSA) is 40.5 Å². The summed E-state index contributed by atoms with van der Waals surface area (Å²) < 4.78 is 0. The summed E-state index contributed by atoms with van der Waals surface area (Å²) in [5.74, 6) is -0.156. The third kappa shape index (κ3) is 5.03. The zero-order chi connectivity index (χ0) is 14.3. The van der Waals surface area contributed by atoms with Crippen LogP contribution in [0.4, 0.5) is 0 Å². The van der Waals surface area contributed by atoms with E-state index in [2.05, 4.69) is 25.7 Å². The number of carboxylic acid groups (broad SMARTS) is 1. The summed E-state index contributed by atoms with van der Waals surface area (Å²) in [4.78, 5) is 13.4. The van der Waals surface area contributed by atoms with Gasteiger partial charge in [-0.2, -0.15) is 0 Å². The third-order valence-corrected chi connectivity index (χ3v) is 3.64. The number of hydrogen-bond donors (Lipinski definition) is 1. The lowest BCUT2D eigenvalue weighted by Gasteiger charge is -2.32. The summed E-state index contributed by atoms with van der Waals surface area (Å²) in [7, 11) is 0. The van der Waals surface area contributed by atoms with Gasteiger partial charge in [0.15, 0.2) is 0 Å². The minimum absolute atomic E-state index is 0.0299. The van der Waals surface area contributed by atoms with Gasteiger partial charge in [-0.15, -0.1) is 0 Å². The summed E-state index contributed by atoms with van der Waals surface area (Å²) in [6.45, 7) is 8.30. The number of rotatable bonds is 8. The summed E-state index contributed by atoms with van der Waals surface area (Å²) in [6.07, 6.45) is 1.28. The van der Waals surface area contributed by atoms with Crippen molar-refractivity contribution in [2.45, 2.75) is 39.7 Å². The summed E-state index contributed by atoms with van der Waals surface area (Å²) in [5.41, 5.74) is 1.09. The zero-order valence-corrected chi connectivity index (χ0v) is 12.2. The van der Waals surface area contributed by atoms with Crippen LogP contribution >= 0.6 is 0 Å². The second kappa shape index (κ2) is 7.95. The van der Waals surface area contributed by atoms with Crippen LogP contribution in [0.5, 0.6) is 0 Å². The molecule has 1 N–H and O–H groups in total. The number of nitrogens with zero attached hydrogens (tertiary/aromatic N) is 1. The van der Waals surface area contributed by atoms with Gasteiger partial charge in [0.05, 0.1) is 6.42 Å². The Kier molecular flexibility index (Phi) is 6.57. The van der Waals surface area contributed by atoms with Gasteiger partial charge in [0.1, 0.15) is 0 Å². The molecule has 1 rings (SSSR count). The molecule has 3 nitrogen and oxygen atoms in total. The summed E-state index contributed by atoms with van der Waals surface area (Å²) in [5, 5.41) is 9.15. The highest BCUT2D eigenvalue weighted by Gasteiger charge is 2.22. The first-order valence-corrected chi connectivity index (χ1v) is 7.09. The van der Waals surface area contributed by atoms with Gasteiger partial charge < -0.3 is 5.11 Å². The van der Waals surface area contributed by atoms with Gasteiger partial charge in [-0.3, -0.25) is 9.69 Å². The Morgan fingerprint density at radius 1 is 1.26 bits per heavy atom. The van der Waals surface area contributed by atoms with Crippen LogP contribution in [0.2, 0.25) is 0 Å². The van der Waals surface area contributed by atoms with Crippen molar-refractivity contribution in [2.24, 2.45) is 5.92 Å². The monoisotopic (exact) mass is 263 g/mol. The van der Waals surface area contributed by atoms with E-state index >= 15 is 0 Å². The molecule has 3 heteroatoms. The fourth-order valence-electron chi connectivity index (χ4n) is 2.30. The zero-order valence-electron chi connectivity index (χ0n) is 12.2. The fraction of sp³-hybridized carbons (Fsp3) is 0.562. The van der Waals surface area contributed by atoms with Crippen LogP contribution in [0.15, 0.2) is 30.3 Å². The molecule has 0 aromatic heterocycles. The van der Waals surface area contributed by atoms with Crippen LogP contribution in [0.1, 0.15) is 45.2 Å². The smallest absolute Gasteiger partial charge is 0.305 e. The molecule has 0 heterocycles. The molecule has 0 aliphatic carbocycles. The van der Waals surface area contributed by atoms with E-state index in [0.717, 1.165) is 25.1 Å². The predicted molar refractivity (Wildman–Crippen MR) is 78.1 cm³/mol. The van der Waals surface area contributed by atoms with Gasteiger partial charge in [0.2, 0.25) is 0 Å². The van der Waals surface area contributed by atoms with E-state index in [1.165, 1.54) is 0 Å². The molecule has 0 fully saturated rings. The highest BCUT2D eigenvalue weighted by molar-refractivity contribution is 5.67. The molecule has 106 valence electrons. The van der Waals surface area contributed by atoms with Crippen molar-refractivity contribution in [1.29, 1.82) is 0 Å². The molecule has 2 unspecified atom stereocenters. The van der Waals surface area contributed by atoms with Gasteiger partial charge in [0, 0.05) is 12.6 Å². The first-order valence-electron chi connectivity index (χ1n) is 7.09. The molecule has 0 radical (unpaired) electrons. The van der Waals surface area contributed by atoms with Crippen molar-refractivity contribution in [1.82, 2.24) is 4.90 Å². The number of aliphatic carboxylic acids is 1. The molecule has 0 aliphatic heterocycles. The standard InChI is InChI=1S/C16H25NO2/c1-4-13(3)12-17(5-2)15(11-16(18)19)14-9-7-6-8-10-14/h6-10,13,15H,4-5,11-12H2,1-3H3,(H,18,19). The minimum Gasteiger partial charge on any atom is -0.481 e. The molecular weight excluding hydrogens is 238 g/mol. The minimum atomic E-state index is -0.739. The van der Waals surface area contributed by atoms with E-state index in [1.54, 1.807) is 0 Å². The Balaban J connectivity index is 2.91. The van der Waals surface area contributed by atoms with Crippen LogP contribution in [-0.4, -0.2) is 29.1 Å². The van der Waals surface area contributed by atoms with Crippen LogP contribution in [0.25, 0.3) is 0 Å². The van der Waals surface area contributed by atoms with Crippen molar-refractivity contribution in [3.05, 3.63) is 35.9 Å². The van der Waals surface area contributed by atoms with E-state index < -0.39 is 5.97 Å². The number of hydrogen-bond acceptors (Lipinski definition) is 2. The first-order chi connectivity index (χ1) is 9.08. The second-order valence-corrected chi connectivity index (χ2v) is 5.13. The lowest BCUT2D eigenvalue weighted by molar-refractivity contribution is -0.138. The van der Waals surface area contributed by atoms with Crippen molar-refractivity contribution in [3.8, 4) is 0 Å². The van der Waals surface area contributed by atoms with Crippen molar-refractivity contribution >= 4 is 5.97 Å². The molecule has 2 atom stereocenters. The quantitative estimate of drug-likeness (QED) is 0.779. The Morgan fingerprint density at radius 3 is 2.37 bits per heavy atom. The normalized spacial score (nSPS) is 14.3. The first kappa shape index (κ1) is 15.7. The Labute approximate surface area is 116 Å². The molecule has 0 amide bonds. The molecule has 19 heavy (non-hydrogen) atoms. The van der Waals surface area contributed by atoms with E-state index in [1.807, 2.05) is 30.3 Å². The number of carbonyl (C=O) groups is 1. The molecule has 1 aromatic carbocycles. The number of benzene rings is 1. The predicted octanol–water partition coefficient (Wildman–Crippen LogP) is 3.57. The van der Waals surface area contributed by atoms with E-state index in [9.17, 15) is 4.79 Å². The maximum atomic E-state index is 11.1. The maximum absolute atomic E-state index is 11.1. The lowest BCUT2D eigenvalue weighted by atomic mass is 9.99. The van der Waals surface area contributed by atoms with Crippen LogP contribution < -0.4 is 0 Å². The molecule has 0 bridgehead atoms. The SMILES string of the molecule is CCC(C)CN(CC)C(CC(=O)O)c1ccccc1. The van der Waals surface area contributed by atoms with Crippen LogP contribution in [0, 0.1) is 5.92 Å². The Bertz CT molecular complexity index is 378. The van der Waals surface area contributed by atoms with Gasteiger partial charge in [-0.05, 0) is 18.0 Å². The largest absolute Gasteiger partial charge is 0.481 e. The fourth-order valence-corrected chi connectivity index (χ4v) is 2.30. The van der Waals surface area contributed by atoms with Gasteiger partial charge in [-0.25, -0.2) is 0 Å². The van der Waals surface area contributed by atoms with E-state index in [4.69, 9.17) is 5.11 Å². The van der Waals surface area contributed by atoms with Gasteiger partial charge >= 0.3 is 5.97 Å². The second-order valence-electron chi connectivity index (χ2n) is 5.13.